The number of aliphatic imine (C=N–C) groups is 1. The molecule has 2 aromatic heterocycles. The Bertz CT molecular complexity index is 985. The number of hydrogen-bond donors (Lipinski definition) is 2. The van der Waals surface area contributed by atoms with Crippen molar-refractivity contribution in [3.05, 3.63) is 52.9 Å². The van der Waals surface area contributed by atoms with Crippen molar-refractivity contribution in [3.8, 4) is 11.5 Å². The SMILES string of the molecule is CN=C(NCc1cn2cc(Br)ccc2n1)Nc1ccc2c(c1)OCCCO2. The molecule has 3 aromatic rings. The number of benzene rings is 1. The zero-order valence-corrected chi connectivity index (χ0v) is 16.5. The Morgan fingerprint density at radius 1 is 1.19 bits per heavy atom. The van der Waals surface area contributed by atoms with Gasteiger partial charge in [0.05, 0.1) is 25.5 Å². The molecule has 0 unspecified atom stereocenters. The highest BCUT2D eigenvalue weighted by molar-refractivity contribution is 9.10. The van der Waals surface area contributed by atoms with Crippen molar-refractivity contribution in [2.45, 2.75) is 13.0 Å². The monoisotopic (exact) mass is 429 g/mol. The lowest BCUT2D eigenvalue weighted by molar-refractivity contribution is 0.297. The summed E-state index contributed by atoms with van der Waals surface area (Å²) in [6, 6.07) is 9.73. The van der Waals surface area contributed by atoms with Gasteiger partial charge in [-0.1, -0.05) is 0 Å². The fraction of sp³-hybridized carbons (Fsp3) is 0.263. The molecule has 27 heavy (non-hydrogen) atoms. The fourth-order valence-corrected chi connectivity index (χ4v) is 3.19. The maximum Gasteiger partial charge on any atom is 0.195 e. The number of rotatable bonds is 3. The van der Waals surface area contributed by atoms with Gasteiger partial charge in [-0.2, -0.15) is 0 Å². The van der Waals surface area contributed by atoms with Gasteiger partial charge in [0.2, 0.25) is 0 Å². The van der Waals surface area contributed by atoms with Crippen LogP contribution in [0.5, 0.6) is 11.5 Å². The van der Waals surface area contributed by atoms with E-state index in [0.717, 1.165) is 39.4 Å². The van der Waals surface area contributed by atoms with Crippen LogP contribution in [-0.4, -0.2) is 35.6 Å². The van der Waals surface area contributed by atoms with Crippen molar-refractivity contribution >= 4 is 33.2 Å². The predicted molar refractivity (Wildman–Crippen MR) is 109 cm³/mol. The first-order chi connectivity index (χ1) is 13.2. The van der Waals surface area contributed by atoms with Crippen LogP contribution in [0.3, 0.4) is 0 Å². The van der Waals surface area contributed by atoms with Crippen LogP contribution in [0.4, 0.5) is 5.69 Å². The van der Waals surface area contributed by atoms with Crippen LogP contribution in [0, 0.1) is 0 Å². The number of nitrogens with one attached hydrogen (secondary N) is 2. The van der Waals surface area contributed by atoms with E-state index in [1.165, 1.54) is 0 Å². The molecule has 2 N–H and O–H groups in total. The molecule has 4 rings (SSSR count). The maximum absolute atomic E-state index is 5.74. The van der Waals surface area contributed by atoms with Gasteiger partial charge in [-0.25, -0.2) is 4.98 Å². The van der Waals surface area contributed by atoms with E-state index in [1.54, 1.807) is 7.05 Å². The largest absolute Gasteiger partial charge is 0.490 e. The molecule has 0 radical (unpaired) electrons. The van der Waals surface area contributed by atoms with Gasteiger partial charge < -0.3 is 24.5 Å². The summed E-state index contributed by atoms with van der Waals surface area (Å²) in [6.45, 7) is 1.90. The lowest BCUT2D eigenvalue weighted by Crippen LogP contribution is -2.30. The third-order valence-corrected chi connectivity index (χ3v) is 4.60. The number of imidazole rings is 1. The van der Waals surface area contributed by atoms with Gasteiger partial charge in [-0.3, -0.25) is 4.99 Å². The van der Waals surface area contributed by atoms with Crippen molar-refractivity contribution in [2.75, 3.05) is 25.6 Å². The minimum atomic E-state index is 0.559. The first-order valence-electron chi connectivity index (χ1n) is 8.72. The van der Waals surface area contributed by atoms with E-state index in [4.69, 9.17) is 9.47 Å². The second-order valence-corrected chi connectivity index (χ2v) is 7.02. The first-order valence-corrected chi connectivity index (χ1v) is 9.51. The third-order valence-electron chi connectivity index (χ3n) is 4.14. The number of aromatic nitrogens is 2. The summed E-state index contributed by atoms with van der Waals surface area (Å²) in [7, 11) is 1.74. The van der Waals surface area contributed by atoms with E-state index < -0.39 is 0 Å². The Morgan fingerprint density at radius 2 is 2.04 bits per heavy atom. The Kier molecular flexibility index (Phi) is 5.15. The van der Waals surface area contributed by atoms with Crippen molar-refractivity contribution in [1.82, 2.24) is 14.7 Å². The molecule has 0 bridgehead atoms. The van der Waals surface area contributed by atoms with Crippen molar-refractivity contribution in [1.29, 1.82) is 0 Å². The topological polar surface area (TPSA) is 72.2 Å². The van der Waals surface area contributed by atoms with Crippen molar-refractivity contribution in [2.24, 2.45) is 4.99 Å². The summed E-state index contributed by atoms with van der Waals surface area (Å²) < 4.78 is 14.4. The molecule has 1 aliphatic heterocycles. The molecule has 0 aliphatic carbocycles. The van der Waals surface area contributed by atoms with Crippen LogP contribution in [0.15, 0.2) is 52.2 Å². The highest BCUT2D eigenvalue weighted by Gasteiger charge is 2.11. The molecule has 0 amide bonds. The molecular weight excluding hydrogens is 410 g/mol. The van der Waals surface area contributed by atoms with E-state index in [0.29, 0.717) is 25.7 Å². The average molecular weight is 430 g/mol. The molecule has 140 valence electrons. The van der Waals surface area contributed by atoms with E-state index in [-0.39, 0.29) is 0 Å². The Hall–Kier alpha value is -2.74. The van der Waals surface area contributed by atoms with Crippen LogP contribution in [-0.2, 0) is 6.54 Å². The zero-order chi connectivity index (χ0) is 18.6. The third kappa shape index (κ3) is 4.16. The molecule has 0 saturated carbocycles. The second-order valence-electron chi connectivity index (χ2n) is 6.11. The van der Waals surface area contributed by atoms with Crippen LogP contribution in [0.1, 0.15) is 12.1 Å². The van der Waals surface area contributed by atoms with Crippen molar-refractivity contribution < 1.29 is 9.47 Å². The smallest absolute Gasteiger partial charge is 0.195 e. The predicted octanol–water partition coefficient (Wildman–Crippen LogP) is 3.45. The molecule has 3 heterocycles. The van der Waals surface area contributed by atoms with Crippen LogP contribution in [0.2, 0.25) is 0 Å². The number of halogens is 1. The van der Waals surface area contributed by atoms with Gasteiger partial charge in [0, 0.05) is 42.1 Å². The lowest BCUT2D eigenvalue weighted by atomic mass is 10.3. The minimum absolute atomic E-state index is 0.559. The number of ether oxygens (including phenoxy) is 2. The zero-order valence-electron chi connectivity index (χ0n) is 14.9. The maximum atomic E-state index is 5.74. The fourth-order valence-electron chi connectivity index (χ4n) is 2.83. The Labute approximate surface area is 165 Å². The summed E-state index contributed by atoms with van der Waals surface area (Å²) >= 11 is 3.47. The molecule has 0 atom stereocenters. The molecule has 7 nitrogen and oxygen atoms in total. The minimum Gasteiger partial charge on any atom is -0.490 e. The number of fused-ring (bicyclic) bond motifs is 2. The van der Waals surface area contributed by atoms with Crippen molar-refractivity contribution in [3.63, 3.8) is 0 Å². The van der Waals surface area contributed by atoms with E-state index in [2.05, 4.69) is 36.5 Å². The standard InChI is InChI=1S/C19H20BrN5O2/c1-21-19(22-10-15-12-25-11-13(20)3-6-18(25)23-15)24-14-4-5-16-17(9-14)27-8-2-7-26-16/h3-6,9,11-12H,2,7-8,10H2,1H3,(H2,21,22,24). The van der Waals surface area contributed by atoms with Gasteiger partial charge >= 0.3 is 0 Å². The van der Waals surface area contributed by atoms with Crippen LogP contribution >= 0.6 is 15.9 Å². The number of hydrogen-bond acceptors (Lipinski definition) is 4. The number of anilines is 1. The second kappa shape index (κ2) is 7.87. The molecule has 1 aliphatic rings. The molecule has 8 heteroatoms. The average Bonchev–Trinajstić information content (AvgIpc) is 2.92. The summed E-state index contributed by atoms with van der Waals surface area (Å²) in [5.41, 5.74) is 2.71. The summed E-state index contributed by atoms with van der Waals surface area (Å²) in [4.78, 5) is 8.87. The van der Waals surface area contributed by atoms with Crippen LogP contribution in [0.25, 0.3) is 5.65 Å². The van der Waals surface area contributed by atoms with Gasteiger partial charge in [0.15, 0.2) is 17.5 Å². The van der Waals surface area contributed by atoms with Gasteiger partial charge in [-0.15, -0.1) is 0 Å². The number of pyridine rings is 1. The number of nitrogens with zero attached hydrogens (tertiary/aromatic N) is 3. The summed E-state index contributed by atoms with van der Waals surface area (Å²) in [6.07, 6.45) is 4.86. The molecule has 0 saturated heterocycles. The van der Waals surface area contributed by atoms with E-state index >= 15 is 0 Å². The summed E-state index contributed by atoms with van der Waals surface area (Å²) in [5, 5.41) is 6.56. The molecule has 1 aromatic carbocycles. The highest BCUT2D eigenvalue weighted by Crippen LogP contribution is 2.32. The normalized spacial score (nSPS) is 14.1. The van der Waals surface area contributed by atoms with E-state index in [9.17, 15) is 0 Å². The Morgan fingerprint density at radius 3 is 2.89 bits per heavy atom. The quantitative estimate of drug-likeness (QED) is 0.492. The van der Waals surface area contributed by atoms with Gasteiger partial charge in [0.25, 0.3) is 0 Å². The van der Waals surface area contributed by atoms with Gasteiger partial charge in [-0.05, 0) is 40.2 Å². The highest BCUT2D eigenvalue weighted by atomic mass is 79.9. The number of guanidine groups is 1. The first kappa shape index (κ1) is 17.7. The lowest BCUT2D eigenvalue weighted by Gasteiger charge is -2.13. The Balaban J connectivity index is 1.42. The molecule has 0 spiro atoms. The van der Waals surface area contributed by atoms with Gasteiger partial charge in [0.1, 0.15) is 5.65 Å². The molecule has 0 fully saturated rings. The van der Waals surface area contributed by atoms with E-state index in [1.807, 2.05) is 47.1 Å². The van der Waals surface area contributed by atoms with Crippen LogP contribution < -0.4 is 20.1 Å². The molecular formula is C19H20BrN5O2. The summed E-state index contributed by atoms with van der Waals surface area (Å²) in [5.74, 6) is 2.18.